The molecule has 0 N–H and O–H groups in total. The Morgan fingerprint density at radius 1 is 1.09 bits per heavy atom. The minimum Gasteiger partial charge on any atom is -0.490 e. The van der Waals surface area contributed by atoms with Gasteiger partial charge in [0.05, 0.1) is 17.3 Å². The molecule has 1 aliphatic carbocycles. The molecule has 1 aromatic carbocycles. The zero-order valence-electron chi connectivity index (χ0n) is 14.6. The molecule has 3 nitrogen and oxygen atoms in total. The summed E-state index contributed by atoms with van der Waals surface area (Å²) >= 11 is 0. The van der Waals surface area contributed by atoms with Gasteiger partial charge in [-0.25, -0.2) is 0 Å². The van der Waals surface area contributed by atoms with Crippen LogP contribution in [-0.4, -0.2) is 24.4 Å². The third-order valence-corrected chi connectivity index (χ3v) is 5.00. The predicted octanol–water partition coefficient (Wildman–Crippen LogP) is 3.65. The molecule has 1 saturated carbocycles. The molecule has 0 bridgehead atoms. The third-order valence-electron chi connectivity index (χ3n) is 5.00. The maximum Gasteiger partial charge on any atom is 0.494 e. The zero-order valence-corrected chi connectivity index (χ0v) is 14.6. The zero-order chi connectivity index (χ0) is 16.1. The highest BCUT2D eigenvalue weighted by Crippen LogP contribution is 2.37. The Bertz CT molecular complexity index is 545. The van der Waals surface area contributed by atoms with E-state index in [2.05, 4.69) is 59.7 Å². The quantitative estimate of drug-likeness (QED) is 0.795. The molecule has 0 atom stereocenters. The monoisotopic (exact) mass is 302 g/mol. The standard InChI is InChI=1S/C18H27BO3/c1-12(2)15-10-7-13(11-16(15)20-14-8-9-14)19-21-17(3,4)18(5,6)22-19/h7,10-12,14H,8-9H2,1-6H3. The van der Waals surface area contributed by atoms with Gasteiger partial charge in [-0.1, -0.05) is 26.0 Å². The molecule has 0 spiro atoms. The minimum atomic E-state index is -0.326. The van der Waals surface area contributed by atoms with E-state index in [0.29, 0.717) is 12.0 Å². The van der Waals surface area contributed by atoms with Crippen LogP contribution in [0.25, 0.3) is 0 Å². The highest BCUT2D eigenvalue weighted by atomic mass is 16.7. The lowest BCUT2D eigenvalue weighted by molar-refractivity contribution is 0.00578. The van der Waals surface area contributed by atoms with E-state index in [1.54, 1.807) is 0 Å². The molecule has 0 aromatic heterocycles. The van der Waals surface area contributed by atoms with E-state index >= 15 is 0 Å². The number of hydrogen-bond acceptors (Lipinski definition) is 3. The van der Waals surface area contributed by atoms with Crippen LogP contribution in [-0.2, 0) is 9.31 Å². The van der Waals surface area contributed by atoms with Gasteiger partial charge in [0.1, 0.15) is 5.75 Å². The van der Waals surface area contributed by atoms with Crippen molar-refractivity contribution in [2.45, 2.75) is 77.6 Å². The summed E-state index contributed by atoms with van der Waals surface area (Å²) in [7, 11) is -0.326. The molecule has 0 radical (unpaired) electrons. The molecule has 0 unspecified atom stereocenters. The maximum absolute atomic E-state index is 6.15. The molecular weight excluding hydrogens is 275 g/mol. The van der Waals surface area contributed by atoms with Crippen molar-refractivity contribution in [3.8, 4) is 5.75 Å². The molecule has 3 rings (SSSR count). The molecule has 1 heterocycles. The van der Waals surface area contributed by atoms with Crippen LogP contribution in [0.3, 0.4) is 0 Å². The fourth-order valence-corrected chi connectivity index (χ4v) is 2.62. The Morgan fingerprint density at radius 2 is 1.68 bits per heavy atom. The van der Waals surface area contributed by atoms with Crippen LogP contribution in [0.5, 0.6) is 5.75 Å². The molecule has 120 valence electrons. The van der Waals surface area contributed by atoms with Gasteiger partial charge in [0.2, 0.25) is 0 Å². The first kappa shape index (κ1) is 15.9. The fraction of sp³-hybridized carbons (Fsp3) is 0.667. The van der Waals surface area contributed by atoms with E-state index < -0.39 is 0 Å². The highest BCUT2D eigenvalue weighted by Gasteiger charge is 2.51. The van der Waals surface area contributed by atoms with Gasteiger partial charge in [-0.3, -0.25) is 0 Å². The van der Waals surface area contributed by atoms with Crippen molar-refractivity contribution >= 4 is 12.6 Å². The normalized spacial score (nSPS) is 23.1. The van der Waals surface area contributed by atoms with E-state index in [0.717, 1.165) is 24.1 Å². The summed E-state index contributed by atoms with van der Waals surface area (Å²) < 4.78 is 18.4. The largest absolute Gasteiger partial charge is 0.494 e. The van der Waals surface area contributed by atoms with Gasteiger partial charge in [-0.15, -0.1) is 0 Å². The molecule has 1 aliphatic heterocycles. The second-order valence-corrected chi connectivity index (χ2v) is 7.86. The Hall–Kier alpha value is -0.995. The number of ether oxygens (including phenoxy) is 1. The summed E-state index contributed by atoms with van der Waals surface area (Å²) in [5, 5.41) is 0. The van der Waals surface area contributed by atoms with Gasteiger partial charge >= 0.3 is 7.12 Å². The molecule has 1 aromatic rings. The number of hydrogen-bond donors (Lipinski definition) is 0. The van der Waals surface area contributed by atoms with Crippen molar-refractivity contribution in [3.05, 3.63) is 23.8 Å². The first-order valence-corrected chi connectivity index (χ1v) is 8.36. The van der Waals surface area contributed by atoms with Gasteiger partial charge in [-0.05, 0) is 63.5 Å². The first-order chi connectivity index (χ1) is 10.2. The first-order valence-electron chi connectivity index (χ1n) is 8.36. The second-order valence-electron chi connectivity index (χ2n) is 7.86. The average molecular weight is 302 g/mol. The maximum atomic E-state index is 6.15. The van der Waals surface area contributed by atoms with Crippen molar-refractivity contribution in [1.82, 2.24) is 0 Å². The van der Waals surface area contributed by atoms with Gasteiger partial charge < -0.3 is 14.0 Å². The van der Waals surface area contributed by atoms with Crippen molar-refractivity contribution < 1.29 is 14.0 Å². The minimum absolute atomic E-state index is 0.314. The van der Waals surface area contributed by atoms with E-state index in [9.17, 15) is 0 Å². The van der Waals surface area contributed by atoms with Crippen LogP contribution in [0, 0.1) is 0 Å². The summed E-state index contributed by atoms with van der Waals surface area (Å²) in [4.78, 5) is 0. The van der Waals surface area contributed by atoms with Crippen LogP contribution in [0.4, 0.5) is 0 Å². The summed E-state index contributed by atoms with van der Waals surface area (Å²) in [6.07, 6.45) is 2.72. The number of benzene rings is 1. The van der Waals surface area contributed by atoms with Gasteiger partial charge in [-0.2, -0.15) is 0 Å². The second kappa shape index (κ2) is 5.28. The topological polar surface area (TPSA) is 27.7 Å². The Balaban J connectivity index is 1.88. The summed E-state index contributed by atoms with van der Waals surface area (Å²) in [6, 6.07) is 6.37. The Labute approximate surface area is 134 Å². The lowest BCUT2D eigenvalue weighted by Gasteiger charge is -2.32. The van der Waals surface area contributed by atoms with Crippen molar-refractivity contribution in [1.29, 1.82) is 0 Å². The molecule has 0 amide bonds. The lowest BCUT2D eigenvalue weighted by Crippen LogP contribution is -2.41. The van der Waals surface area contributed by atoms with Crippen LogP contribution in [0.15, 0.2) is 18.2 Å². The SMILES string of the molecule is CC(C)c1ccc(B2OC(C)(C)C(C)(C)O2)cc1OC1CC1. The van der Waals surface area contributed by atoms with Crippen LogP contribution in [0.1, 0.15) is 65.9 Å². The molecule has 22 heavy (non-hydrogen) atoms. The highest BCUT2D eigenvalue weighted by molar-refractivity contribution is 6.62. The van der Waals surface area contributed by atoms with Gasteiger partial charge in [0, 0.05) is 0 Å². The molecule has 4 heteroatoms. The molecule has 2 fully saturated rings. The summed E-state index contributed by atoms with van der Waals surface area (Å²) in [6.45, 7) is 12.7. The van der Waals surface area contributed by atoms with E-state index in [4.69, 9.17) is 14.0 Å². The van der Waals surface area contributed by atoms with E-state index in [-0.39, 0.29) is 18.3 Å². The smallest absolute Gasteiger partial charge is 0.490 e. The van der Waals surface area contributed by atoms with Crippen molar-refractivity contribution in [2.75, 3.05) is 0 Å². The Morgan fingerprint density at radius 3 is 2.18 bits per heavy atom. The summed E-state index contributed by atoms with van der Waals surface area (Å²) in [5.41, 5.74) is 1.67. The average Bonchev–Trinajstić information content (AvgIpc) is 3.17. The van der Waals surface area contributed by atoms with E-state index in [1.165, 1.54) is 5.56 Å². The third kappa shape index (κ3) is 2.91. The molecular formula is C18H27BO3. The summed E-state index contributed by atoms with van der Waals surface area (Å²) in [5.74, 6) is 1.44. The fourth-order valence-electron chi connectivity index (χ4n) is 2.62. The van der Waals surface area contributed by atoms with Gasteiger partial charge in [0.15, 0.2) is 0 Å². The number of rotatable bonds is 4. The van der Waals surface area contributed by atoms with Crippen LogP contribution in [0.2, 0.25) is 0 Å². The predicted molar refractivity (Wildman–Crippen MR) is 89.9 cm³/mol. The van der Waals surface area contributed by atoms with Crippen LogP contribution < -0.4 is 10.2 Å². The molecule has 1 saturated heterocycles. The van der Waals surface area contributed by atoms with Crippen molar-refractivity contribution in [2.24, 2.45) is 0 Å². The lowest BCUT2D eigenvalue weighted by atomic mass is 9.78. The van der Waals surface area contributed by atoms with Crippen molar-refractivity contribution in [3.63, 3.8) is 0 Å². The van der Waals surface area contributed by atoms with Gasteiger partial charge in [0.25, 0.3) is 0 Å². The Kier molecular flexibility index (Phi) is 3.81. The molecule has 2 aliphatic rings. The van der Waals surface area contributed by atoms with E-state index in [1.807, 2.05) is 0 Å². The van der Waals surface area contributed by atoms with Crippen LogP contribution >= 0.6 is 0 Å².